The van der Waals surface area contributed by atoms with Crippen LogP contribution in [0.1, 0.15) is 99.9 Å². The molecule has 2 fully saturated rings. The molecular weight excluding hydrogens is 1340 g/mol. The van der Waals surface area contributed by atoms with Gasteiger partial charge in [0.25, 0.3) is 0 Å². The highest BCUT2D eigenvalue weighted by Gasteiger charge is 2.29. The molecule has 0 amide bonds. The van der Waals surface area contributed by atoms with Crippen LogP contribution in [0.25, 0.3) is 0 Å². The molecule has 102 heavy (non-hydrogen) atoms. The van der Waals surface area contributed by atoms with Crippen molar-refractivity contribution in [3.63, 3.8) is 0 Å². The molecule has 2 heterocycles. The molecule has 6 unspecified atom stereocenters. The number of hydrogen-bond acceptors (Lipinski definition) is 16. The molecular formula is C84H102Cl2O16. The zero-order valence-electron chi connectivity index (χ0n) is 59.9. The lowest BCUT2D eigenvalue weighted by molar-refractivity contribution is 0.0536. The van der Waals surface area contributed by atoms with Crippen molar-refractivity contribution in [2.75, 3.05) is 91.0 Å². The van der Waals surface area contributed by atoms with E-state index in [0.29, 0.717) is 49.4 Å². The molecule has 0 radical (unpaired) electrons. The summed E-state index contributed by atoms with van der Waals surface area (Å²) in [6.45, 7) is 28.5. The number of rotatable bonds is 36. The Balaban J connectivity index is 0.000000191. The summed E-state index contributed by atoms with van der Waals surface area (Å²) in [5.41, 5.74) is 8.83. The second-order valence-corrected chi connectivity index (χ2v) is 27.6. The molecule has 548 valence electrons. The predicted molar refractivity (Wildman–Crippen MR) is 404 cm³/mol. The van der Waals surface area contributed by atoms with Crippen LogP contribution in [0, 0.1) is 0 Å². The summed E-state index contributed by atoms with van der Waals surface area (Å²) >= 11 is 11.1. The predicted octanol–water partition coefficient (Wildman–Crippen LogP) is 14.2. The van der Waals surface area contributed by atoms with Crippen LogP contribution in [0.15, 0.2) is 219 Å². The standard InChI is InChI=1S/C21H26Cl2O4.C21H28O6.C21H24O4.C21H24O2/c2*1-21(2,15-3-7-19(8-4-15)26-13-17(24)11-22)16-5-9-20(10-6-16)27-14-18(25)12-23;1-21(2,15-3-7-17(8-4-15)22-11-19-13-24-19)16-5-9-18(10-6-16)23-12-20-14-25-20;1-5-15-22-19-11-7-17(8-12-19)21(3,4)18-9-13-20(14-10-18)23-16-6-2/h3-10,17-18,24-25H,11-14H2,1-2H3;3-10,17-18,22-25H,11-14H2,1-2H3;3-10,19-20H,11-14H2,1-2H3;5-14H,1-2,15-16H2,3-4H3. The molecule has 2 aliphatic heterocycles. The molecule has 2 aliphatic rings. The quantitative estimate of drug-likeness (QED) is 0.0122. The van der Waals surface area contributed by atoms with Gasteiger partial charge in [0.1, 0.15) is 135 Å². The van der Waals surface area contributed by atoms with Gasteiger partial charge in [-0.2, -0.15) is 0 Å². The van der Waals surface area contributed by atoms with Crippen LogP contribution >= 0.6 is 23.2 Å². The number of alkyl halides is 2. The molecule has 0 spiro atoms. The lowest BCUT2D eigenvalue weighted by Crippen LogP contribution is -2.22. The maximum absolute atomic E-state index is 9.47. The molecule has 0 bridgehead atoms. The average Bonchev–Trinajstić information content (AvgIpc) is 1.68. The molecule has 0 aromatic heterocycles. The number of epoxide rings is 2. The van der Waals surface area contributed by atoms with E-state index >= 15 is 0 Å². The number of hydrogen-bond donors (Lipinski definition) is 6. The van der Waals surface area contributed by atoms with Gasteiger partial charge >= 0.3 is 0 Å². The fraction of sp³-hybridized carbons (Fsp3) is 0.381. The second kappa shape index (κ2) is 40.1. The Morgan fingerprint density at radius 1 is 0.333 bits per heavy atom. The molecule has 6 N–H and O–H groups in total. The number of benzene rings is 8. The van der Waals surface area contributed by atoms with Crippen molar-refractivity contribution in [1.82, 2.24) is 0 Å². The minimum atomic E-state index is -0.889. The van der Waals surface area contributed by atoms with Crippen LogP contribution in [-0.2, 0) is 31.1 Å². The van der Waals surface area contributed by atoms with Gasteiger partial charge in [-0.1, -0.05) is 178 Å². The van der Waals surface area contributed by atoms with E-state index in [-0.39, 0.29) is 85.3 Å². The highest BCUT2D eigenvalue weighted by atomic mass is 35.5. The van der Waals surface area contributed by atoms with E-state index in [0.717, 1.165) is 58.5 Å². The molecule has 10 rings (SSSR count). The average molecular weight is 1440 g/mol. The zero-order valence-corrected chi connectivity index (χ0v) is 61.4. The summed E-state index contributed by atoms with van der Waals surface area (Å²) in [7, 11) is 0. The van der Waals surface area contributed by atoms with E-state index in [4.69, 9.17) is 80.8 Å². The van der Waals surface area contributed by atoms with Gasteiger partial charge in [0.15, 0.2) is 0 Å². The second-order valence-electron chi connectivity index (χ2n) is 27.0. The lowest BCUT2D eigenvalue weighted by atomic mass is 9.78. The van der Waals surface area contributed by atoms with Gasteiger partial charge in [-0.25, -0.2) is 0 Å². The van der Waals surface area contributed by atoms with E-state index in [1.807, 2.05) is 146 Å². The summed E-state index contributed by atoms with van der Waals surface area (Å²) in [6, 6.07) is 64.0. The summed E-state index contributed by atoms with van der Waals surface area (Å²) < 4.78 is 54.8. The highest BCUT2D eigenvalue weighted by molar-refractivity contribution is 6.18. The third kappa shape index (κ3) is 25.7. The summed E-state index contributed by atoms with van der Waals surface area (Å²) in [4.78, 5) is 0. The topological polar surface area (TPSA) is 220 Å². The number of aliphatic hydroxyl groups is 6. The Hall–Kier alpha value is -8.10. The zero-order chi connectivity index (χ0) is 73.7. The van der Waals surface area contributed by atoms with Gasteiger partial charge in [-0.05, 0) is 142 Å². The van der Waals surface area contributed by atoms with Crippen molar-refractivity contribution >= 4 is 23.2 Å². The van der Waals surface area contributed by atoms with Crippen molar-refractivity contribution in [3.05, 3.63) is 264 Å². The van der Waals surface area contributed by atoms with Gasteiger partial charge < -0.3 is 78.0 Å². The Kier molecular flexibility index (Phi) is 31.9. The molecule has 8 aromatic carbocycles. The first-order chi connectivity index (χ1) is 48.9. The fourth-order valence-electron chi connectivity index (χ4n) is 10.4. The van der Waals surface area contributed by atoms with Crippen molar-refractivity contribution in [2.24, 2.45) is 0 Å². The molecule has 18 heteroatoms. The molecule has 16 nitrogen and oxygen atoms in total. The normalized spacial score (nSPS) is 15.1. The van der Waals surface area contributed by atoms with E-state index in [1.54, 1.807) is 12.2 Å². The minimum absolute atomic E-state index is 0.0473. The van der Waals surface area contributed by atoms with Gasteiger partial charge in [0.05, 0.1) is 38.2 Å². The number of aliphatic hydroxyl groups excluding tert-OH is 6. The van der Waals surface area contributed by atoms with Gasteiger partial charge in [-0.15, -0.1) is 23.2 Å². The van der Waals surface area contributed by atoms with Gasteiger partial charge in [0, 0.05) is 21.7 Å². The van der Waals surface area contributed by atoms with Crippen LogP contribution in [-0.4, -0.2) is 158 Å². The lowest BCUT2D eigenvalue weighted by Gasteiger charge is -2.26. The van der Waals surface area contributed by atoms with Crippen LogP contribution < -0.4 is 37.9 Å². The maximum Gasteiger partial charge on any atom is 0.119 e. The summed E-state index contributed by atoms with van der Waals surface area (Å²) in [5.74, 6) is 6.45. The number of halogens is 2. The Morgan fingerprint density at radius 2 is 0.510 bits per heavy atom. The maximum atomic E-state index is 9.47. The van der Waals surface area contributed by atoms with Crippen molar-refractivity contribution in [3.8, 4) is 46.0 Å². The fourth-order valence-corrected chi connectivity index (χ4v) is 10.6. The van der Waals surface area contributed by atoms with Gasteiger partial charge in [-0.3, -0.25) is 0 Å². The SMILES string of the molecule is C=CCOc1ccc(C(C)(C)c2ccc(OCC=C)cc2)cc1.CC(C)(c1ccc(OCC(O)CCl)cc1)c1ccc(OCC(O)CCl)cc1.CC(C)(c1ccc(OCC(O)CO)cc1)c1ccc(OCC(O)CO)cc1.CC(C)(c1ccc(OCC2CO2)cc1)c1ccc(OCC2CO2)cc1. The van der Waals surface area contributed by atoms with Crippen LogP contribution in [0.5, 0.6) is 46.0 Å². The highest BCUT2D eigenvalue weighted by Crippen LogP contribution is 2.38. The Labute approximate surface area is 612 Å². The number of ether oxygens (including phenoxy) is 10. The Bertz CT molecular complexity index is 3330. The summed E-state index contributed by atoms with van der Waals surface area (Å²) in [6.07, 6.45) is 0.928. The first-order valence-corrected chi connectivity index (χ1v) is 35.4. The van der Waals surface area contributed by atoms with Crippen molar-refractivity contribution in [2.45, 2.75) is 114 Å². The smallest absolute Gasteiger partial charge is 0.119 e. The Morgan fingerprint density at radius 3 is 0.676 bits per heavy atom. The first-order valence-electron chi connectivity index (χ1n) is 34.3. The van der Waals surface area contributed by atoms with Crippen molar-refractivity contribution < 1.29 is 78.0 Å². The largest absolute Gasteiger partial charge is 0.491 e. The molecule has 0 saturated carbocycles. The molecule has 8 aromatic rings. The first kappa shape index (κ1) is 81.2. The van der Waals surface area contributed by atoms with E-state index in [1.165, 1.54) is 22.3 Å². The van der Waals surface area contributed by atoms with Crippen LogP contribution in [0.2, 0.25) is 0 Å². The van der Waals surface area contributed by atoms with Crippen LogP contribution in [0.3, 0.4) is 0 Å². The minimum Gasteiger partial charge on any atom is -0.491 e. The van der Waals surface area contributed by atoms with E-state index < -0.39 is 24.4 Å². The monoisotopic (exact) mass is 1440 g/mol. The molecule has 0 aliphatic carbocycles. The van der Waals surface area contributed by atoms with Crippen molar-refractivity contribution in [1.29, 1.82) is 0 Å². The summed E-state index contributed by atoms with van der Waals surface area (Å²) in [5, 5.41) is 55.3. The van der Waals surface area contributed by atoms with Gasteiger partial charge in [0.2, 0.25) is 0 Å². The third-order valence-electron chi connectivity index (χ3n) is 17.6. The van der Waals surface area contributed by atoms with E-state index in [2.05, 4.69) is 117 Å². The van der Waals surface area contributed by atoms with Crippen LogP contribution in [0.4, 0.5) is 0 Å². The molecule has 2 saturated heterocycles. The molecule has 6 atom stereocenters. The van der Waals surface area contributed by atoms with E-state index in [9.17, 15) is 20.4 Å². The third-order valence-corrected chi connectivity index (χ3v) is 18.3.